The molecule has 1 aromatic rings. The van der Waals surface area contributed by atoms with Crippen molar-refractivity contribution in [3.63, 3.8) is 0 Å². The molecule has 0 radical (unpaired) electrons. The van der Waals surface area contributed by atoms with Gasteiger partial charge < -0.3 is 15.0 Å². The summed E-state index contributed by atoms with van der Waals surface area (Å²) in [6.45, 7) is 0.556. The van der Waals surface area contributed by atoms with Gasteiger partial charge in [0.15, 0.2) is 0 Å². The van der Waals surface area contributed by atoms with Gasteiger partial charge in [0.2, 0.25) is 5.91 Å². The largest absolute Gasteiger partial charge is 0.381 e. The van der Waals surface area contributed by atoms with Crippen molar-refractivity contribution in [3.8, 4) is 0 Å². The van der Waals surface area contributed by atoms with E-state index in [4.69, 9.17) is 4.74 Å². The average Bonchev–Trinajstić information content (AvgIpc) is 2.58. The van der Waals surface area contributed by atoms with Crippen LogP contribution in [0.15, 0.2) is 30.3 Å². The maximum Gasteiger partial charge on any atom is 0.251 e. The predicted molar refractivity (Wildman–Crippen MR) is 88.1 cm³/mol. The van der Waals surface area contributed by atoms with Crippen LogP contribution >= 0.6 is 0 Å². The van der Waals surface area contributed by atoms with Gasteiger partial charge in [-0.2, -0.15) is 0 Å². The Morgan fingerprint density at radius 1 is 1.30 bits per heavy atom. The van der Waals surface area contributed by atoms with Crippen molar-refractivity contribution in [1.29, 1.82) is 0 Å². The summed E-state index contributed by atoms with van der Waals surface area (Å²) < 4.78 is 5.40. The van der Waals surface area contributed by atoms with Crippen LogP contribution in [0.3, 0.4) is 0 Å². The third-order valence-corrected chi connectivity index (χ3v) is 4.87. The fourth-order valence-electron chi connectivity index (χ4n) is 3.53. The lowest BCUT2D eigenvalue weighted by atomic mass is 9.85. The second kappa shape index (κ2) is 7.13. The Labute approximate surface area is 137 Å². The SMILES string of the molecule is COC1CCCC(CC(=O)NC2CN(c3ccccc3)C2=O)C1. The monoisotopic (exact) mass is 316 g/mol. The maximum atomic E-state index is 12.2. The third kappa shape index (κ3) is 3.72. The number of nitrogens with one attached hydrogen (secondary N) is 1. The molecular weight excluding hydrogens is 292 g/mol. The second-order valence-electron chi connectivity index (χ2n) is 6.50. The molecule has 0 spiro atoms. The molecule has 3 rings (SSSR count). The van der Waals surface area contributed by atoms with E-state index in [1.165, 1.54) is 0 Å². The standard InChI is InChI=1S/C18H24N2O3/c1-23-15-9-5-6-13(10-15)11-17(21)19-16-12-20(18(16)22)14-7-3-2-4-8-14/h2-4,7-8,13,15-16H,5-6,9-12H2,1H3,(H,19,21). The van der Waals surface area contributed by atoms with Crippen LogP contribution in [-0.4, -0.2) is 37.6 Å². The predicted octanol–water partition coefficient (Wildman–Crippen LogP) is 2.11. The van der Waals surface area contributed by atoms with E-state index in [1.807, 2.05) is 30.3 Å². The number of para-hydroxylation sites is 1. The lowest BCUT2D eigenvalue weighted by Gasteiger charge is -2.39. The van der Waals surface area contributed by atoms with E-state index < -0.39 is 0 Å². The molecule has 1 aromatic carbocycles. The summed E-state index contributed by atoms with van der Waals surface area (Å²) in [5.41, 5.74) is 0.887. The van der Waals surface area contributed by atoms with Crippen LogP contribution in [0.5, 0.6) is 0 Å². The molecule has 1 saturated carbocycles. The number of nitrogens with zero attached hydrogens (tertiary/aromatic N) is 1. The summed E-state index contributed by atoms with van der Waals surface area (Å²) in [6, 6.07) is 9.17. The zero-order valence-corrected chi connectivity index (χ0v) is 13.5. The number of ether oxygens (including phenoxy) is 1. The number of hydrogen-bond acceptors (Lipinski definition) is 3. The van der Waals surface area contributed by atoms with Gasteiger partial charge in [-0.1, -0.05) is 24.6 Å². The summed E-state index contributed by atoms with van der Waals surface area (Å²) in [6.07, 6.45) is 4.98. The number of anilines is 1. The first kappa shape index (κ1) is 16.0. The Bertz CT molecular complexity index is 561. The van der Waals surface area contributed by atoms with E-state index in [0.717, 1.165) is 31.4 Å². The van der Waals surface area contributed by atoms with Gasteiger partial charge in [-0.3, -0.25) is 9.59 Å². The smallest absolute Gasteiger partial charge is 0.251 e. The normalized spacial score (nSPS) is 27.4. The van der Waals surface area contributed by atoms with Gasteiger partial charge in [-0.15, -0.1) is 0 Å². The first-order chi connectivity index (χ1) is 11.2. The summed E-state index contributed by atoms with van der Waals surface area (Å²) in [7, 11) is 1.73. The number of carbonyl (C=O) groups is 2. The highest BCUT2D eigenvalue weighted by Gasteiger charge is 2.38. The number of hydrogen-bond donors (Lipinski definition) is 1. The minimum atomic E-state index is -0.371. The molecule has 1 aliphatic heterocycles. The molecule has 1 N–H and O–H groups in total. The molecule has 5 nitrogen and oxygen atoms in total. The molecule has 1 saturated heterocycles. The van der Waals surface area contributed by atoms with E-state index >= 15 is 0 Å². The summed E-state index contributed by atoms with van der Waals surface area (Å²) in [4.78, 5) is 26.1. The van der Waals surface area contributed by atoms with Crippen LogP contribution in [-0.2, 0) is 14.3 Å². The number of rotatable bonds is 5. The van der Waals surface area contributed by atoms with Crippen LogP contribution < -0.4 is 10.2 Å². The molecule has 2 fully saturated rings. The van der Waals surface area contributed by atoms with Gasteiger partial charge in [-0.05, 0) is 37.3 Å². The Morgan fingerprint density at radius 3 is 2.78 bits per heavy atom. The van der Waals surface area contributed by atoms with Crippen LogP contribution in [0.4, 0.5) is 5.69 Å². The van der Waals surface area contributed by atoms with Crippen molar-refractivity contribution in [2.24, 2.45) is 5.92 Å². The topological polar surface area (TPSA) is 58.6 Å². The van der Waals surface area contributed by atoms with E-state index in [-0.39, 0.29) is 24.0 Å². The quantitative estimate of drug-likeness (QED) is 0.847. The average molecular weight is 316 g/mol. The highest BCUT2D eigenvalue weighted by molar-refractivity contribution is 6.05. The first-order valence-electron chi connectivity index (χ1n) is 8.36. The number of amides is 2. The summed E-state index contributed by atoms with van der Waals surface area (Å²) >= 11 is 0. The van der Waals surface area contributed by atoms with Crippen LogP contribution in [0.25, 0.3) is 0 Å². The van der Waals surface area contributed by atoms with Gasteiger partial charge in [0.05, 0.1) is 12.6 Å². The van der Waals surface area contributed by atoms with Crippen molar-refractivity contribution in [3.05, 3.63) is 30.3 Å². The minimum absolute atomic E-state index is 0.0159. The lowest BCUT2D eigenvalue weighted by molar-refractivity contribution is -0.131. The van der Waals surface area contributed by atoms with Gasteiger partial charge in [0.25, 0.3) is 5.91 Å². The minimum Gasteiger partial charge on any atom is -0.381 e. The van der Waals surface area contributed by atoms with E-state index in [0.29, 0.717) is 18.9 Å². The van der Waals surface area contributed by atoms with Crippen LogP contribution in [0.1, 0.15) is 32.1 Å². The molecule has 2 amide bonds. The Morgan fingerprint density at radius 2 is 2.09 bits per heavy atom. The molecule has 0 bridgehead atoms. The van der Waals surface area contributed by atoms with Gasteiger partial charge >= 0.3 is 0 Å². The molecule has 2 aliphatic rings. The van der Waals surface area contributed by atoms with Gasteiger partial charge in [0.1, 0.15) is 6.04 Å². The van der Waals surface area contributed by atoms with Crippen molar-refractivity contribution in [2.75, 3.05) is 18.6 Å². The van der Waals surface area contributed by atoms with Gasteiger partial charge in [0, 0.05) is 19.2 Å². The second-order valence-corrected chi connectivity index (χ2v) is 6.50. The molecule has 124 valence electrons. The van der Waals surface area contributed by atoms with Gasteiger partial charge in [-0.25, -0.2) is 0 Å². The Hall–Kier alpha value is -1.88. The lowest BCUT2D eigenvalue weighted by Crippen LogP contribution is -2.64. The molecule has 3 unspecified atom stereocenters. The highest BCUT2D eigenvalue weighted by Crippen LogP contribution is 2.28. The van der Waals surface area contributed by atoms with Crippen molar-refractivity contribution in [1.82, 2.24) is 5.32 Å². The summed E-state index contributed by atoms with van der Waals surface area (Å²) in [5.74, 6) is 0.329. The van der Waals surface area contributed by atoms with Crippen LogP contribution in [0, 0.1) is 5.92 Å². The fourth-order valence-corrected chi connectivity index (χ4v) is 3.53. The number of β-lactam (4-membered cyclic amide) rings is 1. The Kier molecular flexibility index (Phi) is 4.96. The first-order valence-corrected chi connectivity index (χ1v) is 8.36. The van der Waals surface area contributed by atoms with Crippen molar-refractivity contribution in [2.45, 2.75) is 44.2 Å². The molecule has 1 aliphatic carbocycles. The molecular formula is C18H24N2O3. The molecule has 23 heavy (non-hydrogen) atoms. The zero-order chi connectivity index (χ0) is 16.2. The van der Waals surface area contributed by atoms with E-state index in [9.17, 15) is 9.59 Å². The van der Waals surface area contributed by atoms with Crippen molar-refractivity contribution >= 4 is 17.5 Å². The summed E-state index contributed by atoms with van der Waals surface area (Å²) in [5, 5.41) is 2.88. The molecule has 5 heteroatoms. The molecule has 1 heterocycles. The van der Waals surface area contributed by atoms with Crippen molar-refractivity contribution < 1.29 is 14.3 Å². The number of benzene rings is 1. The Balaban J connectivity index is 1.45. The van der Waals surface area contributed by atoms with Crippen LogP contribution in [0.2, 0.25) is 0 Å². The maximum absolute atomic E-state index is 12.2. The van der Waals surface area contributed by atoms with E-state index in [1.54, 1.807) is 12.0 Å². The number of carbonyl (C=O) groups excluding carboxylic acids is 2. The molecule has 3 atom stereocenters. The third-order valence-electron chi connectivity index (χ3n) is 4.87. The molecule has 0 aromatic heterocycles. The zero-order valence-electron chi connectivity index (χ0n) is 13.5. The van der Waals surface area contributed by atoms with E-state index in [2.05, 4.69) is 5.32 Å². The fraction of sp³-hybridized carbons (Fsp3) is 0.556. The number of methoxy groups -OCH3 is 1. The highest BCUT2D eigenvalue weighted by atomic mass is 16.5.